The predicted octanol–water partition coefficient (Wildman–Crippen LogP) is 1.44. The van der Waals surface area contributed by atoms with E-state index in [0.717, 1.165) is 12.1 Å². The average Bonchev–Trinajstić information content (AvgIpc) is 2.14. The summed E-state index contributed by atoms with van der Waals surface area (Å²) in [5, 5.41) is 8.33. The van der Waals surface area contributed by atoms with Crippen LogP contribution in [0.2, 0.25) is 0 Å². The molecule has 0 spiro atoms. The van der Waals surface area contributed by atoms with E-state index < -0.39 is 11.7 Å². The molecule has 0 saturated heterocycles. The van der Waals surface area contributed by atoms with Gasteiger partial charge in [0.15, 0.2) is 0 Å². The van der Waals surface area contributed by atoms with E-state index >= 15 is 0 Å². The molecule has 0 aliphatic heterocycles. The molecule has 1 aromatic rings. The molecule has 5 heteroatoms. The molecule has 1 aromatic heterocycles. The Morgan fingerprint density at radius 1 is 1.36 bits per heavy atom. The van der Waals surface area contributed by atoms with Crippen LogP contribution in [0, 0.1) is 11.8 Å². The van der Waals surface area contributed by atoms with Gasteiger partial charge >= 0.3 is 6.18 Å². The van der Waals surface area contributed by atoms with Gasteiger partial charge in [0.05, 0.1) is 5.56 Å². The van der Waals surface area contributed by atoms with Gasteiger partial charge in [0.1, 0.15) is 12.3 Å². The molecule has 0 unspecified atom stereocenters. The Balaban J connectivity index is 2.89. The number of hydrogen-bond acceptors (Lipinski definition) is 2. The molecule has 0 atom stereocenters. The Morgan fingerprint density at radius 2 is 2.07 bits per heavy atom. The highest BCUT2D eigenvalue weighted by molar-refractivity contribution is 5.29. The van der Waals surface area contributed by atoms with Gasteiger partial charge in [-0.25, -0.2) is 4.98 Å². The fourth-order valence-electron chi connectivity index (χ4n) is 0.766. The van der Waals surface area contributed by atoms with Crippen LogP contribution in [0.15, 0.2) is 18.3 Å². The molecule has 0 fully saturated rings. The summed E-state index contributed by atoms with van der Waals surface area (Å²) in [6, 6.07) is 2.06. The molecular formula is C9H6F3NO. The molecular weight excluding hydrogens is 195 g/mol. The monoisotopic (exact) mass is 201 g/mol. The zero-order chi connectivity index (χ0) is 10.6. The summed E-state index contributed by atoms with van der Waals surface area (Å²) < 4.78 is 36.2. The van der Waals surface area contributed by atoms with Crippen molar-refractivity contribution in [2.24, 2.45) is 0 Å². The summed E-state index contributed by atoms with van der Waals surface area (Å²) >= 11 is 0. The second kappa shape index (κ2) is 4.11. The molecule has 14 heavy (non-hydrogen) atoms. The largest absolute Gasteiger partial charge is 0.417 e. The molecule has 1 heterocycles. The Labute approximate surface area is 78.4 Å². The Kier molecular flexibility index (Phi) is 3.10. The number of alkyl halides is 3. The van der Waals surface area contributed by atoms with Gasteiger partial charge in [-0.2, -0.15) is 13.2 Å². The maximum absolute atomic E-state index is 12.1. The predicted molar refractivity (Wildman–Crippen MR) is 43.2 cm³/mol. The first-order valence-electron chi connectivity index (χ1n) is 3.67. The fourth-order valence-corrected chi connectivity index (χ4v) is 0.766. The van der Waals surface area contributed by atoms with Crippen LogP contribution < -0.4 is 0 Å². The molecule has 74 valence electrons. The van der Waals surface area contributed by atoms with E-state index in [4.69, 9.17) is 5.11 Å². The topological polar surface area (TPSA) is 33.1 Å². The van der Waals surface area contributed by atoms with Crippen LogP contribution in [0.25, 0.3) is 0 Å². The van der Waals surface area contributed by atoms with Crippen LogP contribution in [0.4, 0.5) is 13.2 Å². The van der Waals surface area contributed by atoms with Crippen molar-refractivity contribution >= 4 is 0 Å². The lowest BCUT2D eigenvalue weighted by Gasteiger charge is -2.04. The summed E-state index contributed by atoms with van der Waals surface area (Å²) in [5.41, 5.74) is -0.612. The van der Waals surface area contributed by atoms with E-state index in [1.807, 2.05) is 0 Å². The quantitative estimate of drug-likeness (QED) is 0.644. The summed E-state index contributed by atoms with van der Waals surface area (Å²) in [5.74, 6) is 4.68. The van der Waals surface area contributed by atoms with Gasteiger partial charge in [-0.1, -0.05) is 5.92 Å². The van der Waals surface area contributed by atoms with Gasteiger partial charge in [0.2, 0.25) is 0 Å². The van der Waals surface area contributed by atoms with Gasteiger partial charge in [0.25, 0.3) is 0 Å². The van der Waals surface area contributed by atoms with Crippen molar-refractivity contribution < 1.29 is 18.3 Å². The highest BCUT2D eigenvalue weighted by Crippen LogP contribution is 2.28. The highest BCUT2D eigenvalue weighted by Gasteiger charge is 2.30. The lowest BCUT2D eigenvalue weighted by molar-refractivity contribution is -0.137. The van der Waals surface area contributed by atoms with Crippen molar-refractivity contribution in [2.75, 3.05) is 6.61 Å². The summed E-state index contributed by atoms with van der Waals surface area (Å²) in [4.78, 5) is 3.48. The normalized spacial score (nSPS) is 10.6. The van der Waals surface area contributed by atoms with E-state index in [1.165, 1.54) is 0 Å². The molecule has 1 rings (SSSR count). The second-order valence-corrected chi connectivity index (χ2v) is 2.39. The minimum absolute atomic E-state index is 0.201. The van der Waals surface area contributed by atoms with Crippen molar-refractivity contribution in [3.8, 4) is 11.8 Å². The lowest BCUT2D eigenvalue weighted by Crippen LogP contribution is -2.05. The molecule has 0 aliphatic carbocycles. The van der Waals surface area contributed by atoms with Crippen molar-refractivity contribution in [1.82, 2.24) is 4.98 Å². The lowest BCUT2D eigenvalue weighted by atomic mass is 10.2. The minimum Gasteiger partial charge on any atom is -0.384 e. The van der Waals surface area contributed by atoms with Crippen LogP contribution in [0.5, 0.6) is 0 Å². The fraction of sp³-hybridized carbons (Fsp3) is 0.222. The highest BCUT2D eigenvalue weighted by atomic mass is 19.4. The van der Waals surface area contributed by atoms with Crippen LogP contribution >= 0.6 is 0 Å². The van der Waals surface area contributed by atoms with Gasteiger partial charge in [-0.15, -0.1) is 0 Å². The third-order valence-electron chi connectivity index (χ3n) is 1.39. The molecule has 1 N–H and O–H groups in total. The molecule has 0 amide bonds. The third-order valence-corrected chi connectivity index (χ3v) is 1.39. The first kappa shape index (κ1) is 10.5. The number of aromatic nitrogens is 1. The Bertz CT molecular complexity index is 358. The van der Waals surface area contributed by atoms with Crippen LogP contribution in [0.1, 0.15) is 11.3 Å². The molecule has 0 aliphatic rings. The van der Waals surface area contributed by atoms with E-state index in [9.17, 15) is 13.2 Å². The number of pyridine rings is 1. The second-order valence-electron chi connectivity index (χ2n) is 2.39. The van der Waals surface area contributed by atoms with Crippen molar-refractivity contribution in [2.45, 2.75) is 6.18 Å². The molecule has 2 nitrogen and oxygen atoms in total. The average molecular weight is 201 g/mol. The number of aliphatic hydroxyl groups excluding tert-OH is 1. The Morgan fingerprint density at radius 3 is 2.50 bits per heavy atom. The zero-order valence-electron chi connectivity index (χ0n) is 6.97. The molecule has 0 aromatic carbocycles. The summed E-state index contributed by atoms with van der Waals surface area (Å²) in [6.45, 7) is -0.345. The Hall–Kier alpha value is -1.54. The SMILES string of the molecule is OCC#Cc1ccc(C(F)(F)F)cn1. The van der Waals surface area contributed by atoms with E-state index in [-0.39, 0.29) is 12.3 Å². The van der Waals surface area contributed by atoms with E-state index in [0.29, 0.717) is 6.20 Å². The zero-order valence-corrected chi connectivity index (χ0v) is 6.97. The number of nitrogens with zero attached hydrogens (tertiary/aromatic N) is 1. The molecule has 0 bridgehead atoms. The molecule has 0 radical (unpaired) electrons. The number of aliphatic hydroxyl groups is 1. The minimum atomic E-state index is -4.38. The molecule has 0 saturated carbocycles. The smallest absolute Gasteiger partial charge is 0.384 e. The van der Waals surface area contributed by atoms with Gasteiger partial charge in [0, 0.05) is 6.20 Å². The van der Waals surface area contributed by atoms with Crippen LogP contribution in [0.3, 0.4) is 0 Å². The van der Waals surface area contributed by atoms with Gasteiger partial charge in [-0.3, -0.25) is 0 Å². The standard InChI is InChI=1S/C9H6F3NO/c10-9(11,12)7-3-4-8(13-6-7)2-1-5-14/h3-4,6,14H,5H2. The number of halogens is 3. The maximum Gasteiger partial charge on any atom is 0.417 e. The van der Waals surface area contributed by atoms with Gasteiger partial charge in [-0.05, 0) is 18.1 Å². The van der Waals surface area contributed by atoms with Crippen LogP contribution in [-0.4, -0.2) is 16.7 Å². The van der Waals surface area contributed by atoms with Crippen molar-refractivity contribution in [3.63, 3.8) is 0 Å². The maximum atomic E-state index is 12.1. The first-order chi connectivity index (χ1) is 6.54. The van der Waals surface area contributed by atoms with Crippen molar-refractivity contribution in [3.05, 3.63) is 29.6 Å². The number of hydrogen-bond donors (Lipinski definition) is 1. The summed E-state index contributed by atoms with van der Waals surface area (Å²) in [6.07, 6.45) is -3.67. The van der Waals surface area contributed by atoms with E-state index in [2.05, 4.69) is 16.8 Å². The van der Waals surface area contributed by atoms with E-state index in [1.54, 1.807) is 0 Å². The number of rotatable bonds is 0. The van der Waals surface area contributed by atoms with Crippen LogP contribution in [-0.2, 0) is 6.18 Å². The summed E-state index contributed by atoms with van der Waals surface area (Å²) in [7, 11) is 0. The first-order valence-corrected chi connectivity index (χ1v) is 3.67. The van der Waals surface area contributed by atoms with Crippen molar-refractivity contribution in [1.29, 1.82) is 0 Å². The van der Waals surface area contributed by atoms with Gasteiger partial charge < -0.3 is 5.11 Å². The third kappa shape index (κ3) is 2.75.